The van der Waals surface area contributed by atoms with Gasteiger partial charge in [-0.2, -0.15) is 0 Å². The molecule has 0 unspecified atom stereocenters. The highest BCUT2D eigenvalue weighted by atomic mass is 35.5. The van der Waals surface area contributed by atoms with Crippen LogP contribution < -0.4 is 5.32 Å². The number of nitrogens with zero attached hydrogens (tertiary/aromatic N) is 3. The van der Waals surface area contributed by atoms with Crippen molar-refractivity contribution in [3.05, 3.63) is 64.9 Å². The molecule has 0 atom stereocenters. The first kappa shape index (κ1) is 13.8. The lowest BCUT2D eigenvalue weighted by molar-refractivity contribution is 1.22. The zero-order valence-corrected chi connectivity index (χ0v) is 12.3. The first-order valence-electron chi connectivity index (χ1n) is 6.19. The molecule has 21 heavy (non-hydrogen) atoms. The second-order valence-corrected chi connectivity index (χ2v) is 5.08. The zero-order chi connectivity index (χ0) is 14.7. The van der Waals surface area contributed by atoms with Crippen LogP contribution in [0.5, 0.6) is 0 Å². The van der Waals surface area contributed by atoms with Crippen molar-refractivity contribution in [2.75, 3.05) is 5.32 Å². The van der Waals surface area contributed by atoms with E-state index in [1.54, 1.807) is 12.3 Å². The van der Waals surface area contributed by atoms with Gasteiger partial charge in [0.05, 0.1) is 21.4 Å². The van der Waals surface area contributed by atoms with Gasteiger partial charge < -0.3 is 5.32 Å². The quantitative estimate of drug-likeness (QED) is 0.767. The molecule has 0 saturated carbocycles. The fourth-order valence-electron chi connectivity index (χ4n) is 1.79. The third-order valence-electron chi connectivity index (χ3n) is 2.73. The molecule has 3 rings (SSSR count). The highest BCUT2D eigenvalue weighted by Gasteiger charge is 2.06. The van der Waals surface area contributed by atoms with E-state index in [0.29, 0.717) is 21.7 Å². The first-order valence-corrected chi connectivity index (χ1v) is 6.94. The molecule has 3 aromatic heterocycles. The fraction of sp³-hybridized carbons (Fsp3) is 0. The van der Waals surface area contributed by atoms with Gasteiger partial charge >= 0.3 is 0 Å². The van der Waals surface area contributed by atoms with Crippen LogP contribution in [-0.4, -0.2) is 15.0 Å². The molecule has 6 heteroatoms. The molecule has 0 aromatic carbocycles. The summed E-state index contributed by atoms with van der Waals surface area (Å²) in [4.78, 5) is 12.9. The van der Waals surface area contributed by atoms with E-state index in [4.69, 9.17) is 23.2 Å². The Morgan fingerprint density at radius 3 is 2.52 bits per heavy atom. The Morgan fingerprint density at radius 1 is 0.905 bits per heavy atom. The predicted octanol–water partition coefficient (Wildman–Crippen LogP) is 4.59. The van der Waals surface area contributed by atoms with Crippen molar-refractivity contribution in [2.24, 2.45) is 0 Å². The number of pyridine rings is 3. The number of aromatic nitrogens is 3. The van der Waals surface area contributed by atoms with E-state index in [1.807, 2.05) is 36.4 Å². The van der Waals surface area contributed by atoms with Gasteiger partial charge in [0.1, 0.15) is 11.6 Å². The van der Waals surface area contributed by atoms with Gasteiger partial charge in [0.2, 0.25) is 0 Å². The minimum absolute atomic E-state index is 0.438. The molecule has 104 valence electrons. The molecule has 4 nitrogen and oxygen atoms in total. The summed E-state index contributed by atoms with van der Waals surface area (Å²) in [7, 11) is 0. The molecule has 0 amide bonds. The molecule has 0 radical (unpaired) electrons. The van der Waals surface area contributed by atoms with Gasteiger partial charge in [0.15, 0.2) is 0 Å². The van der Waals surface area contributed by atoms with Crippen LogP contribution in [0.25, 0.3) is 11.4 Å². The Labute approximate surface area is 131 Å². The Bertz CT molecular complexity index is 763. The van der Waals surface area contributed by atoms with Crippen molar-refractivity contribution in [2.45, 2.75) is 0 Å². The van der Waals surface area contributed by atoms with E-state index >= 15 is 0 Å². The molecular weight excluding hydrogens is 307 g/mol. The molecular formula is C15H10Cl2N4. The number of anilines is 2. The average molecular weight is 317 g/mol. The minimum Gasteiger partial charge on any atom is -0.324 e. The SMILES string of the molecule is Clc1cnc(Nc2cccc(-c3ccccn3)n2)c(Cl)c1. The molecule has 0 aliphatic heterocycles. The highest BCUT2D eigenvalue weighted by Crippen LogP contribution is 2.25. The van der Waals surface area contributed by atoms with Crippen molar-refractivity contribution >= 4 is 34.8 Å². The lowest BCUT2D eigenvalue weighted by Gasteiger charge is -2.08. The van der Waals surface area contributed by atoms with Crippen molar-refractivity contribution < 1.29 is 0 Å². The van der Waals surface area contributed by atoms with E-state index < -0.39 is 0 Å². The smallest absolute Gasteiger partial charge is 0.150 e. The van der Waals surface area contributed by atoms with Crippen LogP contribution in [0.15, 0.2) is 54.9 Å². The van der Waals surface area contributed by atoms with Crippen LogP contribution in [0.4, 0.5) is 11.6 Å². The van der Waals surface area contributed by atoms with Crippen LogP contribution in [0.1, 0.15) is 0 Å². The predicted molar refractivity (Wildman–Crippen MR) is 85.0 cm³/mol. The maximum atomic E-state index is 6.09. The molecule has 3 heterocycles. The third kappa shape index (κ3) is 3.29. The van der Waals surface area contributed by atoms with Crippen LogP contribution >= 0.6 is 23.2 Å². The maximum absolute atomic E-state index is 6.09. The summed E-state index contributed by atoms with van der Waals surface area (Å²) in [5.41, 5.74) is 1.57. The molecule has 0 aliphatic carbocycles. The van der Waals surface area contributed by atoms with Crippen LogP contribution in [-0.2, 0) is 0 Å². The van der Waals surface area contributed by atoms with Crippen molar-refractivity contribution in [1.29, 1.82) is 0 Å². The van der Waals surface area contributed by atoms with E-state index in [9.17, 15) is 0 Å². The molecule has 0 spiro atoms. The van der Waals surface area contributed by atoms with E-state index in [-0.39, 0.29) is 0 Å². The minimum atomic E-state index is 0.438. The summed E-state index contributed by atoms with van der Waals surface area (Å²) < 4.78 is 0. The number of halogens is 2. The number of hydrogen-bond donors (Lipinski definition) is 1. The first-order chi connectivity index (χ1) is 10.2. The van der Waals surface area contributed by atoms with Gasteiger partial charge in [-0.3, -0.25) is 4.98 Å². The maximum Gasteiger partial charge on any atom is 0.150 e. The largest absolute Gasteiger partial charge is 0.324 e. The molecule has 0 saturated heterocycles. The second-order valence-electron chi connectivity index (χ2n) is 4.23. The van der Waals surface area contributed by atoms with Gasteiger partial charge in [-0.15, -0.1) is 0 Å². The van der Waals surface area contributed by atoms with Crippen LogP contribution in [0.3, 0.4) is 0 Å². The molecule has 0 bridgehead atoms. The summed E-state index contributed by atoms with van der Waals surface area (Å²) >= 11 is 11.9. The fourth-order valence-corrected chi connectivity index (χ4v) is 2.22. The molecule has 3 aromatic rings. The van der Waals surface area contributed by atoms with Gasteiger partial charge in [-0.25, -0.2) is 9.97 Å². The summed E-state index contributed by atoms with van der Waals surface area (Å²) in [6.07, 6.45) is 3.26. The standard InChI is InChI=1S/C15H10Cl2N4/c16-10-8-11(17)15(19-9-10)21-14-6-3-5-13(20-14)12-4-1-2-7-18-12/h1-9H,(H,19,20,21). The summed E-state index contributed by atoms with van der Waals surface area (Å²) in [6.45, 7) is 0. The second kappa shape index (κ2) is 6.08. The lowest BCUT2D eigenvalue weighted by atomic mass is 10.2. The monoisotopic (exact) mass is 316 g/mol. The summed E-state index contributed by atoms with van der Waals surface area (Å²) in [5.74, 6) is 1.14. The Hall–Kier alpha value is -2.17. The van der Waals surface area contributed by atoms with E-state index in [0.717, 1.165) is 11.4 Å². The highest BCUT2D eigenvalue weighted by molar-refractivity contribution is 6.36. The van der Waals surface area contributed by atoms with Crippen molar-refractivity contribution in [1.82, 2.24) is 15.0 Å². The van der Waals surface area contributed by atoms with E-state index in [2.05, 4.69) is 20.3 Å². The summed E-state index contributed by atoms with van der Waals surface area (Å²) in [5, 5.41) is 3.99. The van der Waals surface area contributed by atoms with Gasteiger partial charge in [0.25, 0.3) is 0 Å². The topological polar surface area (TPSA) is 50.7 Å². The molecule has 0 aliphatic rings. The molecule has 1 N–H and O–H groups in total. The number of hydrogen-bond acceptors (Lipinski definition) is 4. The van der Waals surface area contributed by atoms with Crippen molar-refractivity contribution in [3.8, 4) is 11.4 Å². The molecule has 0 fully saturated rings. The zero-order valence-electron chi connectivity index (χ0n) is 10.8. The number of rotatable bonds is 3. The van der Waals surface area contributed by atoms with Gasteiger partial charge in [-0.05, 0) is 30.3 Å². The lowest BCUT2D eigenvalue weighted by Crippen LogP contribution is -1.98. The van der Waals surface area contributed by atoms with E-state index in [1.165, 1.54) is 6.20 Å². The third-order valence-corrected chi connectivity index (χ3v) is 3.23. The summed E-state index contributed by atoms with van der Waals surface area (Å²) in [6, 6.07) is 12.9. The van der Waals surface area contributed by atoms with Gasteiger partial charge in [0, 0.05) is 12.4 Å². The van der Waals surface area contributed by atoms with Crippen LogP contribution in [0, 0.1) is 0 Å². The van der Waals surface area contributed by atoms with Crippen LogP contribution in [0.2, 0.25) is 10.0 Å². The van der Waals surface area contributed by atoms with Gasteiger partial charge in [-0.1, -0.05) is 35.3 Å². The number of nitrogens with one attached hydrogen (secondary N) is 1. The Kier molecular flexibility index (Phi) is 3.99. The van der Waals surface area contributed by atoms with Crippen molar-refractivity contribution in [3.63, 3.8) is 0 Å². The normalized spacial score (nSPS) is 10.4. The Morgan fingerprint density at radius 2 is 1.76 bits per heavy atom. The average Bonchev–Trinajstić information content (AvgIpc) is 2.51. The Balaban J connectivity index is 1.90.